The van der Waals surface area contributed by atoms with Crippen LogP contribution < -0.4 is 10.5 Å². The number of primary sulfonamides is 1. The number of halogens is 2. The fraction of sp³-hybridized carbons (Fsp3) is 0.323. The number of aromatic nitrogens is 3. The third kappa shape index (κ3) is 6.58. The molecule has 1 aliphatic carbocycles. The van der Waals surface area contributed by atoms with Crippen LogP contribution in [0, 0.1) is 35.3 Å². The molecule has 0 radical (unpaired) electrons. The maximum Gasteiger partial charge on any atom is 0.355 e. The van der Waals surface area contributed by atoms with Gasteiger partial charge in [0.25, 0.3) is 0 Å². The Balaban J connectivity index is 1.48. The molecule has 3 heterocycles. The number of piperidine rings is 1. The van der Waals surface area contributed by atoms with Crippen molar-refractivity contribution in [1.82, 2.24) is 20.1 Å². The van der Waals surface area contributed by atoms with Crippen LogP contribution in [0.2, 0.25) is 0 Å². The number of hydrogen-bond acceptors (Lipinski definition) is 7. The molecule has 4 N–H and O–H groups in total. The number of benzene rings is 2. The smallest absolute Gasteiger partial charge is 0.355 e. The third-order valence-corrected chi connectivity index (χ3v) is 9.60. The summed E-state index contributed by atoms with van der Waals surface area (Å²) in [4.78, 5) is 15.3. The largest absolute Gasteiger partial charge is 0.476 e. The average Bonchev–Trinajstić information content (AvgIpc) is 3.54. The van der Waals surface area contributed by atoms with Crippen molar-refractivity contribution in [2.24, 2.45) is 17.0 Å². The summed E-state index contributed by atoms with van der Waals surface area (Å²) in [5.41, 5.74) is 3.17. The Morgan fingerprint density at radius 3 is 2.55 bits per heavy atom. The molecule has 228 valence electrons. The Hall–Kier alpha value is -3.96. The molecule has 1 saturated heterocycles. The molecular weight excluding hydrogens is 609 g/mol. The van der Waals surface area contributed by atoms with E-state index in [0.717, 1.165) is 73.5 Å². The zero-order valence-electron chi connectivity index (χ0n) is 23.5. The first kappa shape index (κ1) is 30.1. The summed E-state index contributed by atoms with van der Waals surface area (Å²) in [6.45, 7) is 1.73. The minimum absolute atomic E-state index is 0.112. The lowest BCUT2D eigenvalue weighted by molar-refractivity contribution is 0.0691. The van der Waals surface area contributed by atoms with Gasteiger partial charge in [-0.05, 0) is 87.0 Å². The maximum absolute atomic E-state index is 15.0. The topological polar surface area (TPSA) is 140 Å². The number of nitrogens with two attached hydrogens (primary N) is 1. The quantitative estimate of drug-likeness (QED) is 0.242. The number of carbonyl (C=O) groups is 1. The number of sulfonamides is 1. The Labute approximate surface area is 257 Å². The van der Waals surface area contributed by atoms with E-state index < -0.39 is 32.5 Å². The van der Waals surface area contributed by atoms with Gasteiger partial charge in [-0.15, -0.1) is 11.3 Å². The minimum atomic E-state index is -4.25. The van der Waals surface area contributed by atoms with Crippen molar-refractivity contribution in [2.75, 3.05) is 13.1 Å². The first-order valence-corrected chi connectivity index (χ1v) is 16.6. The molecule has 1 aliphatic heterocycles. The van der Waals surface area contributed by atoms with Crippen molar-refractivity contribution in [3.05, 3.63) is 81.5 Å². The van der Waals surface area contributed by atoms with E-state index in [1.54, 1.807) is 16.8 Å². The number of rotatable bonds is 8. The average molecular weight is 638 g/mol. The summed E-state index contributed by atoms with van der Waals surface area (Å²) in [7, 11) is -4.25. The second kappa shape index (κ2) is 12.2. The number of carboxylic acids is 1. The molecule has 2 aromatic heterocycles. The summed E-state index contributed by atoms with van der Waals surface area (Å²) >= 11 is 1.13. The lowest BCUT2D eigenvalue weighted by Gasteiger charge is -2.17. The summed E-state index contributed by atoms with van der Waals surface area (Å²) in [5, 5.41) is 24.6. The standard InChI is InChI=1S/C31H29F2N5O4S2/c32-24-7-6-22(16-21(24)5-3-18-9-11-35-12-10-18)29-23(13-20-4-8-28(25(33)14-20)44(34,41)42)27(15-19-1-2-19)38(37-29)31-36-26(17-43-31)30(39)40/h4,6-8,14,16-19,35H,1-2,9-13,15H2,(H,39,40)(H2,34,41,42). The third-order valence-electron chi connectivity index (χ3n) is 7.83. The molecule has 2 aromatic carbocycles. The molecule has 0 amide bonds. The molecule has 44 heavy (non-hydrogen) atoms. The number of aromatic carboxylic acids is 1. The van der Waals surface area contributed by atoms with Crippen LogP contribution >= 0.6 is 11.3 Å². The number of nitrogens with one attached hydrogen (secondary N) is 1. The van der Waals surface area contributed by atoms with Gasteiger partial charge in [-0.2, -0.15) is 5.10 Å². The molecular formula is C31H29F2N5O4S2. The molecule has 0 unspecified atom stereocenters. The van der Waals surface area contributed by atoms with Gasteiger partial charge in [0.05, 0.1) is 17.0 Å². The van der Waals surface area contributed by atoms with Gasteiger partial charge in [0.1, 0.15) is 16.5 Å². The van der Waals surface area contributed by atoms with Crippen LogP contribution in [0.25, 0.3) is 16.4 Å². The molecule has 0 bridgehead atoms. The maximum atomic E-state index is 15.0. The fourth-order valence-corrected chi connectivity index (χ4v) is 6.69. The molecule has 2 fully saturated rings. The first-order valence-electron chi connectivity index (χ1n) is 14.2. The van der Waals surface area contributed by atoms with E-state index >= 15 is 0 Å². The van der Waals surface area contributed by atoms with Crippen molar-refractivity contribution in [2.45, 2.75) is 43.4 Å². The summed E-state index contributed by atoms with van der Waals surface area (Å²) in [5.74, 6) is 4.19. The Morgan fingerprint density at radius 2 is 1.89 bits per heavy atom. The predicted molar refractivity (Wildman–Crippen MR) is 161 cm³/mol. The van der Waals surface area contributed by atoms with Crippen molar-refractivity contribution >= 4 is 27.3 Å². The van der Waals surface area contributed by atoms with Crippen molar-refractivity contribution in [1.29, 1.82) is 0 Å². The Bertz CT molecular complexity index is 1920. The van der Waals surface area contributed by atoms with Gasteiger partial charge in [-0.1, -0.05) is 17.9 Å². The van der Waals surface area contributed by atoms with E-state index in [-0.39, 0.29) is 23.6 Å². The van der Waals surface area contributed by atoms with Gasteiger partial charge in [0, 0.05) is 28.8 Å². The highest BCUT2D eigenvalue weighted by Gasteiger charge is 2.30. The highest BCUT2D eigenvalue weighted by molar-refractivity contribution is 7.89. The van der Waals surface area contributed by atoms with Crippen LogP contribution in [0.5, 0.6) is 0 Å². The van der Waals surface area contributed by atoms with Crippen LogP contribution in [0.15, 0.2) is 46.7 Å². The van der Waals surface area contributed by atoms with Crippen molar-refractivity contribution < 1.29 is 27.1 Å². The molecule has 1 saturated carbocycles. The van der Waals surface area contributed by atoms with Crippen molar-refractivity contribution in [3.8, 4) is 28.2 Å². The second-order valence-corrected chi connectivity index (χ2v) is 13.5. The Kier molecular flexibility index (Phi) is 8.34. The van der Waals surface area contributed by atoms with Crippen LogP contribution in [-0.4, -0.2) is 47.3 Å². The second-order valence-electron chi connectivity index (χ2n) is 11.1. The lowest BCUT2D eigenvalue weighted by atomic mass is 9.95. The zero-order valence-corrected chi connectivity index (χ0v) is 25.1. The predicted octanol–water partition coefficient (Wildman–Crippen LogP) is 4.51. The van der Waals surface area contributed by atoms with Gasteiger partial charge in [-0.25, -0.2) is 36.8 Å². The van der Waals surface area contributed by atoms with Crippen LogP contribution in [0.3, 0.4) is 0 Å². The van der Waals surface area contributed by atoms with Gasteiger partial charge in [-0.3, -0.25) is 0 Å². The minimum Gasteiger partial charge on any atom is -0.476 e. The first-order chi connectivity index (χ1) is 21.1. The highest BCUT2D eigenvalue weighted by atomic mass is 32.2. The Morgan fingerprint density at radius 1 is 1.11 bits per heavy atom. The summed E-state index contributed by atoms with van der Waals surface area (Å²) in [6.07, 6.45) is 4.60. The van der Waals surface area contributed by atoms with Gasteiger partial charge in [0.15, 0.2) is 5.69 Å². The molecule has 0 spiro atoms. The van der Waals surface area contributed by atoms with Crippen LogP contribution in [0.1, 0.15) is 58.6 Å². The van der Waals surface area contributed by atoms with Gasteiger partial charge < -0.3 is 10.4 Å². The summed E-state index contributed by atoms with van der Waals surface area (Å²) < 4.78 is 55.1. The number of hydrogen-bond donors (Lipinski definition) is 3. The van der Waals surface area contributed by atoms with E-state index in [2.05, 4.69) is 22.1 Å². The lowest BCUT2D eigenvalue weighted by Crippen LogP contribution is -2.26. The van der Waals surface area contributed by atoms with Gasteiger partial charge in [0.2, 0.25) is 15.2 Å². The highest BCUT2D eigenvalue weighted by Crippen LogP contribution is 2.38. The molecule has 4 aromatic rings. The monoisotopic (exact) mass is 637 g/mol. The van der Waals surface area contributed by atoms with E-state index in [1.807, 2.05) is 0 Å². The normalized spacial score (nSPS) is 15.6. The van der Waals surface area contributed by atoms with Crippen LogP contribution in [0.4, 0.5) is 8.78 Å². The number of thiazole rings is 1. The van der Waals surface area contributed by atoms with E-state index in [1.165, 1.54) is 17.5 Å². The zero-order chi connectivity index (χ0) is 31.0. The van der Waals surface area contributed by atoms with Crippen molar-refractivity contribution in [3.63, 3.8) is 0 Å². The molecule has 0 atom stereocenters. The molecule has 13 heteroatoms. The van der Waals surface area contributed by atoms with Crippen LogP contribution in [-0.2, 0) is 22.9 Å². The fourth-order valence-electron chi connectivity index (χ4n) is 5.33. The number of carboxylic acid groups (broad SMARTS) is 1. The SMILES string of the molecule is NS(=O)(=O)c1ccc(Cc2c(-c3ccc(F)c(C#CC4CCNCC4)c3)nn(-c3nc(C(=O)O)cs3)c2CC2CC2)cc1F. The van der Waals surface area contributed by atoms with E-state index in [9.17, 15) is 27.1 Å². The molecule has 6 rings (SSSR count). The van der Waals surface area contributed by atoms with Gasteiger partial charge >= 0.3 is 5.97 Å². The van der Waals surface area contributed by atoms with E-state index in [0.29, 0.717) is 34.3 Å². The molecule has 2 aliphatic rings. The number of nitrogens with zero attached hydrogens (tertiary/aromatic N) is 3. The summed E-state index contributed by atoms with van der Waals surface area (Å²) in [6, 6.07) is 8.37. The van der Waals surface area contributed by atoms with E-state index in [4.69, 9.17) is 10.2 Å². The molecule has 9 nitrogen and oxygen atoms in total.